The maximum absolute atomic E-state index is 12.1. The molecule has 1 fully saturated rings. The number of benzene rings is 1. The molecule has 1 heterocycles. The molecule has 0 spiro atoms. The van der Waals surface area contributed by atoms with Crippen molar-refractivity contribution in [2.75, 3.05) is 19.3 Å². The topological polar surface area (TPSA) is 71.5 Å². The summed E-state index contributed by atoms with van der Waals surface area (Å²) in [6.07, 6.45) is 1.92. The third-order valence-electron chi connectivity index (χ3n) is 3.14. The van der Waals surface area contributed by atoms with Gasteiger partial charge in [0, 0.05) is 37.8 Å². The Hall–Kier alpha value is -1.95. The maximum Gasteiger partial charge on any atom is 0.253 e. The van der Waals surface area contributed by atoms with Crippen LogP contribution in [0.15, 0.2) is 42.3 Å². The van der Waals surface area contributed by atoms with Crippen LogP contribution in [0.4, 0.5) is 0 Å². The first-order chi connectivity index (χ1) is 9.88. The third-order valence-corrected chi connectivity index (χ3v) is 4.27. The molecule has 1 aromatic rings. The lowest BCUT2D eigenvalue weighted by Crippen LogP contribution is -2.38. The molecule has 0 N–H and O–H groups in total. The standard InChI is InChI=1S/C13H15NO4S.C2H4/c1-19(17,18)12-4-2-10(3-5-12)13(16)14-8-6-11(15)7-9-14;1-2/h2-5H,6-9H2,1H3;1-2H2. The first-order valence-corrected chi connectivity index (χ1v) is 8.38. The highest BCUT2D eigenvalue weighted by molar-refractivity contribution is 7.90. The molecule has 0 atom stereocenters. The molecule has 1 saturated heterocycles. The molecule has 1 aliphatic heterocycles. The van der Waals surface area contributed by atoms with Crippen LogP contribution in [-0.4, -0.2) is 44.4 Å². The summed E-state index contributed by atoms with van der Waals surface area (Å²) in [4.78, 5) is 25.1. The molecular formula is C15H19NO4S. The Bertz CT molecular complexity index is 610. The number of sulfone groups is 1. The van der Waals surface area contributed by atoms with Crippen LogP contribution >= 0.6 is 0 Å². The Morgan fingerprint density at radius 2 is 1.57 bits per heavy atom. The Balaban J connectivity index is 0.00000106. The Kier molecular flexibility index (Phi) is 5.84. The summed E-state index contributed by atoms with van der Waals surface area (Å²) in [7, 11) is -3.25. The third kappa shape index (κ3) is 4.53. The van der Waals surface area contributed by atoms with E-state index < -0.39 is 9.84 Å². The molecule has 114 valence electrons. The van der Waals surface area contributed by atoms with Gasteiger partial charge in [-0.2, -0.15) is 0 Å². The maximum atomic E-state index is 12.1. The summed E-state index contributed by atoms with van der Waals surface area (Å²) in [5, 5.41) is 0. The predicted molar refractivity (Wildman–Crippen MR) is 81.0 cm³/mol. The zero-order valence-corrected chi connectivity index (χ0v) is 12.9. The normalized spacial score (nSPS) is 15.1. The minimum Gasteiger partial charge on any atom is -0.338 e. The van der Waals surface area contributed by atoms with E-state index in [1.807, 2.05) is 0 Å². The van der Waals surface area contributed by atoms with Crippen molar-refractivity contribution >= 4 is 21.5 Å². The van der Waals surface area contributed by atoms with Crippen molar-refractivity contribution in [2.24, 2.45) is 0 Å². The SMILES string of the molecule is C=C.CS(=O)(=O)c1ccc(C(=O)N2CCC(=O)CC2)cc1. The lowest BCUT2D eigenvalue weighted by Gasteiger charge is -2.26. The van der Waals surface area contributed by atoms with Gasteiger partial charge in [-0.25, -0.2) is 8.42 Å². The van der Waals surface area contributed by atoms with Gasteiger partial charge in [-0.1, -0.05) is 0 Å². The van der Waals surface area contributed by atoms with Gasteiger partial charge in [0.25, 0.3) is 5.91 Å². The summed E-state index contributed by atoms with van der Waals surface area (Å²) in [6.45, 7) is 6.87. The van der Waals surface area contributed by atoms with Crippen molar-refractivity contribution in [1.82, 2.24) is 4.90 Å². The molecule has 0 unspecified atom stereocenters. The van der Waals surface area contributed by atoms with E-state index in [1.165, 1.54) is 24.3 Å². The van der Waals surface area contributed by atoms with Crippen LogP contribution in [0.5, 0.6) is 0 Å². The summed E-state index contributed by atoms with van der Waals surface area (Å²) >= 11 is 0. The van der Waals surface area contributed by atoms with Crippen LogP contribution in [0.2, 0.25) is 0 Å². The van der Waals surface area contributed by atoms with Crippen molar-refractivity contribution < 1.29 is 18.0 Å². The van der Waals surface area contributed by atoms with Crippen molar-refractivity contribution in [3.05, 3.63) is 43.0 Å². The minimum atomic E-state index is -3.25. The van der Waals surface area contributed by atoms with Gasteiger partial charge in [0.2, 0.25) is 0 Å². The van der Waals surface area contributed by atoms with E-state index in [1.54, 1.807) is 4.90 Å². The molecule has 0 radical (unpaired) electrons. The van der Waals surface area contributed by atoms with Gasteiger partial charge in [-0.15, -0.1) is 13.2 Å². The summed E-state index contributed by atoms with van der Waals surface area (Å²) in [6, 6.07) is 5.87. The fraction of sp³-hybridized carbons (Fsp3) is 0.333. The van der Waals surface area contributed by atoms with Gasteiger partial charge in [0.1, 0.15) is 5.78 Å². The molecule has 21 heavy (non-hydrogen) atoms. The molecule has 1 amide bonds. The number of Topliss-reactive ketones (excluding diaryl/α,β-unsaturated/α-hetero) is 1. The fourth-order valence-electron chi connectivity index (χ4n) is 1.99. The molecule has 2 rings (SSSR count). The Morgan fingerprint density at radius 1 is 1.10 bits per heavy atom. The number of hydrogen-bond acceptors (Lipinski definition) is 4. The zero-order chi connectivity index (χ0) is 16.0. The van der Waals surface area contributed by atoms with E-state index in [0.29, 0.717) is 31.5 Å². The molecule has 0 aliphatic carbocycles. The number of hydrogen-bond donors (Lipinski definition) is 0. The van der Waals surface area contributed by atoms with E-state index in [9.17, 15) is 18.0 Å². The first-order valence-electron chi connectivity index (χ1n) is 6.49. The van der Waals surface area contributed by atoms with Crippen molar-refractivity contribution in [1.29, 1.82) is 0 Å². The summed E-state index contributed by atoms with van der Waals surface area (Å²) in [5.74, 6) is 0.0176. The highest BCUT2D eigenvalue weighted by Crippen LogP contribution is 2.14. The van der Waals surface area contributed by atoms with Crippen LogP contribution in [-0.2, 0) is 14.6 Å². The molecule has 5 nitrogen and oxygen atoms in total. The number of rotatable bonds is 2. The van der Waals surface area contributed by atoms with Gasteiger partial charge in [-0.3, -0.25) is 9.59 Å². The average Bonchev–Trinajstić information content (AvgIpc) is 2.49. The Morgan fingerprint density at radius 3 is 2.00 bits per heavy atom. The average molecular weight is 309 g/mol. The lowest BCUT2D eigenvalue weighted by molar-refractivity contribution is -0.120. The van der Waals surface area contributed by atoms with Gasteiger partial charge >= 0.3 is 0 Å². The Labute approximate surface area is 125 Å². The van der Waals surface area contributed by atoms with Gasteiger partial charge in [0.15, 0.2) is 9.84 Å². The van der Waals surface area contributed by atoms with Crippen LogP contribution < -0.4 is 0 Å². The summed E-state index contributed by atoms with van der Waals surface area (Å²) in [5.41, 5.74) is 0.446. The minimum absolute atomic E-state index is 0.160. The van der Waals surface area contributed by atoms with Crippen molar-refractivity contribution in [3.8, 4) is 0 Å². The predicted octanol–water partition coefficient (Wildman–Crippen LogP) is 1.70. The lowest BCUT2D eigenvalue weighted by atomic mass is 10.1. The molecular weight excluding hydrogens is 290 g/mol. The van der Waals surface area contributed by atoms with Gasteiger partial charge < -0.3 is 4.90 Å². The quantitative estimate of drug-likeness (QED) is 0.780. The molecule has 1 aliphatic rings. The van der Waals surface area contributed by atoms with Gasteiger partial charge in [-0.05, 0) is 24.3 Å². The largest absolute Gasteiger partial charge is 0.338 e. The number of carbonyl (C=O) groups excluding carboxylic acids is 2. The van der Waals surface area contributed by atoms with E-state index in [-0.39, 0.29) is 16.6 Å². The van der Waals surface area contributed by atoms with Crippen molar-refractivity contribution in [2.45, 2.75) is 17.7 Å². The highest BCUT2D eigenvalue weighted by atomic mass is 32.2. The van der Waals surface area contributed by atoms with Crippen LogP contribution in [0.25, 0.3) is 0 Å². The smallest absolute Gasteiger partial charge is 0.253 e. The van der Waals surface area contributed by atoms with E-state index in [2.05, 4.69) is 13.2 Å². The van der Waals surface area contributed by atoms with E-state index >= 15 is 0 Å². The molecule has 1 aromatic carbocycles. The highest BCUT2D eigenvalue weighted by Gasteiger charge is 2.22. The second-order valence-corrected chi connectivity index (χ2v) is 6.64. The number of amides is 1. The summed E-state index contributed by atoms with van der Waals surface area (Å²) < 4.78 is 22.6. The zero-order valence-electron chi connectivity index (χ0n) is 12.0. The number of ketones is 1. The van der Waals surface area contributed by atoms with Gasteiger partial charge in [0.05, 0.1) is 4.90 Å². The van der Waals surface area contributed by atoms with Crippen LogP contribution in [0.1, 0.15) is 23.2 Å². The first kappa shape index (κ1) is 17.1. The van der Waals surface area contributed by atoms with E-state index in [4.69, 9.17) is 0 Å². The van der Waals surface area contributed by atoms with E-state index in [0.717, 1.165) is 6.26 Å². The number of carbonyl (C=O) groups is 2. The number of nitrogens with zero attached hydrogens (tertiary/aromatic N) is 1. The number of likely N-dealkylation sites (tertiary alicyclic amines) is 1. The van der Waals surface area contributed by atoms with Crippen LogP contribution in [0, 0.1) is 0 Å². The molecule has 0 aromatic heterocycles. The monoisotopic (exact) mass is 309 g/mol. The number of piperidine rings is 1. The van der Waals surface area contributed by atoms with Crippen molar-refractivity contribution in [3.63, 3.8) is 0 Å². The second kappa shape index (κ2) is 7.17. The molecule has 0 bridgehead atoms. The van der Waals surface area contributed by atoms with Crippen LogP contribution in [0.3, 0.4) is 0 Å². The fourth-order valence-corrected chi connectivity index (χ4v) is 2.62. The molecule has 0 saturated carbocycles. The second-order valence-electron chi connectivity index (χ2n) is 4.63. The molecule has 6 heteroatoms.